The molecule has 1 unspecified atom stereocenters. The number of hydrogen-bond acceptors (Lipinski definition) is 3. The van der Waals surface area contributed by atoms with Crippen molar-refractivity contribution in [2.45, 2.75) is 58.8 Å². The topological polar surface area (TPSA) is 57.5 Å². The van der Waals surface area contributed by atoms with Crippen LogP contribution in [0.25, 0.3) is 0 Å². The smallest absolute Gasteiger partial charge is 0.357 e. The van der Waals surface area contributed by atoms with Gasteiger partial charge >= 0.3 is 6.18 Å². The fourth-order valence-electron chi connectivity index (χ4n) is 3.59. The van der Waals surface area contributed by atoms with Crippen LogP contribution in [0.15, 0.2) is 4.99 Å². The van der Waals surface area contributed by atoms with Crippen molar-refractivity contribution in [3.63, 3.8) is 0 Å². The molecule has 1 saturated heterocycles. The SMILES string of the molecule is CCNC(=NCc1c(CC)nn(C)c1CC)NC1CCN(CC(F)(F)F)C1.I. The first kappa shape index (κ1) is 25.0. The van der Waals surface area contributed by atoms with E-state index in [2.05, 4.69) is 34.6 Å². The zero-order valence-electron chi connectivity index (χ0n) is 17.1. The Balaban J connectivity index is 0.00000392. The molecule has 2 heterocycles. The van der Waals surface area contributed by atoms with Crippen LogP contribution in [-0.2, 0) is 26.4 Å². The first-order valence-corrected chi connectivity index (χ1v) is 9.64. The van der Waals surface area contributed by atoms with Crippen LogP contribution in [0, 0.1) is 0 Å². The highest BCUT2D eigenvalue weighted by Gasteiger charge is 2.34. The number of nitrogens with one attached hydrogen (secondary N) is 2. The van der Waals surface area contributed by atoms with E-state index >= 15 is 0 Å². The van der Waals surface area contributed by atoms with Crippen LogP contribution < -0.4 is 10.6 Å². The molecule has 1 aliphatic rings. The molecule has 0 aliphatic carbocycles. The minimum Gasteiger partial charge on any atom is -0.357 e. The summed E-state index contributed by atoms with van der Waals surface area (Å²) in [4.78, 5) is 6.11. The van der Waals surface area contributed by atoms with Crippen LogP contribution >= 0.6 is 24.0 Å². The van der Waals surface area contributed by atoms with Crippen LogP contribution in [0.1, 0.15) is 44.1 Å². The van der Waals surface area contributed by atoms with Gasteiger partial charge in [-0.05, 0) is 26.2 Å². The lowest BCUT2D eigenvalue weighted by Gasteiger charge is -2.19. The number of hydrogen-bond donors (Lipinski definition) is 2. The highest BCUT2D eigenvalue weighted by Crippen LogP contribution is 2.20. The van der Waals surface area contributed by atoms with Crippen molar-refractivity contribution < 1.29 is 13.2 Å². The first-order chi connectivity index (χ1) is 12.8. The highest BCUT2D eigenvalue weighted by atomic mass is 127. The van der Waals surface area contributed by atoms with Gasteiger partial charge in [0.2, 0.25) is 0 Å². The maximum absolute atomic E-state index is 12.6. The Bertz CT molecular complexity index is 644. The lowest BCUT2D eigenvalue weighted by atomic mass is 10.1. The van der Waals surface area contributed by atoms with Gasteiger partial charge in [0.25, 0.3) is 0 Å². The molecule has 28 heavy (non-hydrogen) atoms. The van der Waals surface area contributed by atoms with Crippen molar-refractivity contribution >= 4 is 29.9 Å². The minimum atomic E-state index is -4.15. The lowest BCUT2D eigenvalue weighted by Crippen LogP contribution is -2.45. The van der Waals surface area contributed by atoms with E-state index in [4.69, 9.17) is 0 Å². The van der Waals surface area contributed by atoms with Crippen molar-refractivity contribution in [3.8, 4) is 0 Å². The Morgan fingerprint density at radius 3 is 2.54 bits per heavy atom. The molecular formula is C18H32F3IN6. The van der Waals surface area contributed by atoms with Crippen molar-refractivity contribution in [1.29, 1.82) is 0 Å². The molecule has 10 heteroatoms. The zero-order chi connectivity index (χ0) is 20.0. The third-order valence-electron chi connectivity index (χ3n) is 4.78. The Kier molecular flexibility index (Phi) is 10.0. The van der Waals surface area contributed by atoms with E-state index < -0.39 is 12.7 Å². The van der Waals surface area contributed by atoms with Gasteiger partial charge in [0, 0.05) is 44.0 Å². The number of alkyl halides is 3. The molecule has 1 aromatic rings. The summed E-state index contributed by atoms with van der Waals surface area (Å²) in [5.41, 5.74) is 3.36. The summed E-state index contributed by atoms with van der Waals surface area (Å²) in [6, 6.07) is -0.0321. The normalized spacial score (nSPS) is 18.2. The van der Waals surface area contributed by atoms with Crippen molar-refractivity contribution in [2.24, 2.45) is 12.0 Å². The zero-order valence-corrected chi connectivity index (χ0v) is 19.4. The predicted octanol–water partition coefficient (Wildman–Crippen LogP) is 2.85. The molecule has 1 atom stereocenters. The van der Waals surface area contributed by atoms with Crippen molar-refractivity contribution in [1.82, 2.24) is 25.3 Å². The second-order valence-corrected chi connectivity index (χ2v) is 6.88. The lowest BCUT2D eigenvalue weighted by molar-refractivity contribution is -0.143. The molecule has 0 aromatic carbocycles. The van der Waals surface area contributed by atoms with E-state index in [9.17, 15) is 13.2 Å². The molecule has 1 fully saturated rings. The number of likely N-dealkylation sites (tertiary alicyclic amines) is 1. The van der Waals surface area contributed by atoms with Gasteiger partial charge in [0.1, 0.15) is 0 Å². The summed E-state index contributed by atoms with van der Waals surface area (Å²) >= 11 is 0. The molecule has 6 nitrogen and oxygen atoms in total. The van der Waals surface area contributed by atoms with Crippen LogP contribution in [0.4, 0.5) is 13.2 Å². The molecule has 162 valence electrons. The molecule has 0 amide bonds. The number of rotatable bonds is 7. The van der Waals surface area contributed by atoms with E-state index in [0.29, 0.717) is 38.6 Å². The monoisotopic (exact) mass is 516 g/mol. The van der Waals surface area contributed by atoms with Crippen molar-refractivity contribution in [2.75, 3.05) is 26.2 Å². The van der Waals surface area contributed by atoms with E-state index in [0.717, 1.165) is 24.1 Å². The molecule has 2 N–H and O–H groups in total. The molecule has 0 saturated carbocycles. The molecule has 1 aromatic heterocycles. The van der Waals surface area contributed by atoms with E-state index in [1.54, 1.807) is 0 Å². The fraction of sp³-hybridized carbons (Fsp3) is 0.778. The summed E-state index contributed by atoms with van der Waals surface area (Å²) in [7, 11) is 1.95. The third kappa shape index (κ3) is 7.09. The highest BCUT2D eigenvalue weighted by molar-refractivity contribution is 14.0. The largest absolute Gasteiger partial charge is 0.401 e. The minimum absolute atomic E-state index is 0. The number of halogens is 4. The first-order valence-electron chi connectivity index (χ1n) is 9.64. The molecule has 0 radical (unpaired) electrons. The third-order valence-corrected chi connectivity index (χ3v) is 4.78. The van der Waals surface area contributed by atoms with Gasteiger partial charge in [0.05, 0.1) is 18.8 Å². The second-order valence-electron chi connectivity index (χ2n) is 6.88. The quantitative estimate of drug-likeness (QED) is 0.333. The summed E-state index contributed by atoms with van der Waals surface area (Å²) in [6.45, 7) is 7.31. The van der Waals surface area contributed by atoms with Gasteiger partial charge in [0.15, 0.2) is 5.96 Å². The van der Waals surface area contributed by atoms with E-state index in [1.165, 1.54) is 10.6 Å². The summed E-state index contributed by atoms with van der Waals surface area (Å²) in [5.74, 6) is 0.643. The fourth-order valence-corrected chi connectivity index (χ4v) is 3.59. The maximum atomic E-state index is 12.6. The Labute approximate surface area is 182 Å². The molecule has 0 bridgehead atoms. The van der Waals surface area contributed by atoms with Gasteiger partial charge in [-0.1, -0.05) is 13.8 Å². The maximum Gasteiger partial charge on any atom is 0.401 e. The predicted molar refractivity (Wildman–Crippen MR) is 116 cm³/mol. The Hall–Kier alpha value is -1.04. The summed E-state index contributed by atoms with van der Waals surface area (Å²) in [6.07, 6.45) is -1.75. The standard InChI is InChI=1S/C18H31F3N6.HI/c1-5-15-14(16(6-2)26(4)25-15)10-23-17(22-7-3)24-13-8-9-27(11-13)12-18(19,20)21;/h13H,5-12H2,1-4H3,(H2,22,23,24);1H. The average molecular weight is 516 g/mol. The van der Waals surface area contributed by atoms with Crippen LogP contribution in [0.3, 0.4) is 0 Å². The van der Waals surface area contributed by atoms with Gasteiger partial charge < -0.3 is 10.6 Å². The Morgan fingerprint density at radius 1 is 1.25 bits per heavy atom. The van der Waals surface area contributed by atoms with Crippen LogP contribution in [0.5, 0.6) is 0 Å². The summed E-state index contributed by atoms with van der Waals surface area (Å²) < 4.78 is 39.6. The van der Waals surface area contributed by atoms with Crippen LogP contribution in [0.2, 0.25) is 0 Å². The Morgan fingerprint density at radius 2 is 1.96 bits per heavy atom. The van der Waals surface area contributed by atoms with Gasteiger partial charge in [-0.25, -0.2) is 4.99 Å². The molecule has 1 aliphatic heterocycles. The number of aryl methyl sites for hydroxylation is 2. The number of guanidine groups is 1. The molecular weight excluding hydrogens is 484 g/mol. The number of nitrogens with zero attached hydrogens (tertiary/aromatic N) is 4. The van der Waals surface area contributed by atoms with Gasteiger partial charge in [-0.15, -0.1) is 24.0 Å². The second kappa shape index (κ2) is 11.2. The van der Waals surface area contributed by atoms with Crippen LogP contribution in [-0.4, -0.2) is 59.0 Å². The van der Waals surface area contributed by atoms with E-state index in [-0.39, 0.29) is 30.0 Å². The van der Waals surface area contributed by atoms with Gasteiger partial charge in [-0.3, -0.25) is 9.58 Å². The number of aromatic nitrogens is 2. The number of aliphatic imine (C=N–C) groups is 1. The summed E-state index contributed by atoms with van der Waals surface area (Å²) in [5, 5.41) is 11.0. The van der Waals surface area contributed by atoms with E-state index in [1.807, 2.05) is 18.7 Å². The average Bonchev–Trinajstić information content (AvgIpc) is 3.14. The van der Waals surface area contributed by atoms with Crippen molar-refractivity contribution in [3.05, 3.63) is 17.0 Å². The molecule has 2 rings (SSSR count). The van der Waals surface area contributed by atoms with Gasteiger partial charge in [-0.2, -0.15) is 18.3 Å². The molecule has 0 spiro atoms.